The molecule has 0 amide bonds. The molecule has 24 heavy (non-hydrogen) atoms. The van der Waals surface area contributed by atoms with E-state index in [1.165, 1.54) is 30.6 Å². The first-order valence-corrected chi connectivity index (χ1v) is 8.40. The topological polar surface area (TPSA) is 54.7 Å². The Morgan fingerprint density at radius 2 is 2.12 bits per heavy atom. The van der Waals surface area contributed by atoms with Gasteiger partial charge in [0.1, 0.15) is 12.0 Å². The monoisotopic (exact) mass is 328 g/mol. The van der Waals surface area contributed by atoms with E-state index in [1.54, 1.807) is 0 Å². The first-order valence-electron chi connectivity index (χ1n) is 8.40. The average Bonchev–Trinajstić information content (AvgIpc) is 2.62. The molecule has 0 saturated carbocycles. The molecule has 0 aliphatic carbocycles. The number of piperazine rings is 1. The number of rotatable bonds is 5. The third-order valence-corrected chi connectivity index (χ3v) is 4.56. The molecule has 1 saturated heterocycles. The smallest absolute Gasteiger partial charge is 0.227 e. The average molecular weight is 328 g/mol. The van der Waals surface area contributed by atoms with Gasteiger partial charge in [-0.05, 0) is 17.5 Å². The number of nitrogens with zero attached hydrogens (tertiary/aromatic N) is 1. The lowest BCUT2D eigenvalue weighted by Crippen LogP contribution is -2.45. The fourth-order valence-electron chi connectivity index (χ4n) is 3.11. The number of hydrogen-bond acceptors (Lipinski definition) is 5. The van der Waals surface area contributed by atoms with Crippen LogP contribution in [0.15, 0.2) is 45.8 Å². The van der Waals surface area contributed by atoms with Gasteiger partial charge >= 0.3 is 0 Å². The Hall–Kier alpha value is -2.11. The largest absolute Gasteiger partial charge is 0.490 e. The lowest BCUT2D eigenvalue weighted by molar-refractivity contribution is 0.141. The first-order chi connectivity index (χ1) is 11.7. The third-order valence-electron chi connectivity index (χ3n) is 4.56. The van der Waals surface area contributed by atoms with Crippen LogP contribution < -0.4 is 15.5 Å². The maximum absolute atomic E-state index is 11.9. The van der Waals surface area contributed by atoms with Gasteiger partial charge in [-0.1, -0.05) is 31.2 Å². The predicted molar refractivity (Wildman–Crippen MR) is 93.4 cm³/mol. The van der Waals surface area contributed by atoms with Crippen molar-refractivity contribution in [2.45, 2.75) is 25.9 Å². The van der Waals surface area contributed by atoms with Gasteiger partial charge in [0.15, 0.2) is 0 Å². The Bertz CT molecular complexity index is 724. The Morgan fingerprint density at radius 1 is 1.33 bits per heavy atom. The molecular formula is C19H24N2O3. The van der Waals surface area contributed by atoms with Crippen molar-refractivity contribution >= 4 is 0 Å². The minimum absolute atomic E-state index is 0.141. The SMILES string of the molecule is CCc1ccc(C2CNCCN2Cc2cc(=O)c(OC)co2)cc1. The van der Waals surface area contributed by atoms with Gasteiger partial charge in [0.2, 0.25) is 11.2 Å². The van der Waals surface area contributed by atoms with E-state index < -0.39 is 0 Å². The summed E-state index contributed by atoms with van der Waals surface area (Å²) < 4.78 is 10.5. The van der Waals surface area contributed by atoms with Crippen molar-refractivity contribution in [2.24, 2.45) is 0 Å². The molecule has 0 spiro atoms. The summed E-state index contributed by atoms with van der Waals surface area (Å²) in [5.74, 6) is 0.906. The fraction of sp³-hybridized carbons (Fsp3) is 0.421. The molecule has 128 valence electrons. The molecule has 5 nitrogen and oxygen atoms in total. The van der Waals surface area contributed by atoms with E-state index in [-0.39, 0.29) is 17.2 Å². The van der Waals surface area contributed by atoms with Crippen molar-refractivity contribution in [1.29, 1.82) is 0 Å². The summed E-state index contributed by atoms with van der Waals surface area (Å²) in [5, 5.41) is 3.45. The Morgan fingerprint density at radius 3 is 2.79 bits per heavy atom. The van der Waals surface area contributed by atoms with Crippen LogP contribution in [0.4, 0.5) is 0 Å². The first kappa shape index (κ1) is 16.7. The second kappa shape index (κ2) is 7.64. The molecule has 3 rings (SSSR count). The Kier molecular flexibility index (Phi) is 5.33. The van der Waals surface area contributed by atoms with Gasteiger partial charge in [0, 0.05) is 31.7 Å². The van der Waals surface area contributed by atoms with Crippen LogP contribution in [0.1, 0.15) is 29.9 Å². The molecule has 0 bridgehead atoms. The molecule has 0 radical (unpaired) electrons. The number of ether oxygens (including phenoxy) is 1. The van der Waals surface area contributed by atoms with Crippen LogP contribution >= 0.6 is 0 Å². The summed E-state index contributed by atoms with van der Waals surface area (Å²) in [6.45, 7) is 5.52. The van der Waals surface area contributed by atoms with Crippen molar-refractivity contribution < 1.29 is 9.15 Å². The second-order valence-electron chi connectivity index (χ2n) is 6.06. The summed E-state index contributed by atoms with van der Waals surface area (Å²) in [6, 6.07) is 10.6. The van der Waals surface area contributed by atoms with Crippen molar-refractivity contribution in [2.75, 3.05) is 26.7 Å². The molecule has 1 fully saturated rings. The van der Waals surface area contributed by atoms with Crippen LogP contribution in [0.5, 0.6) is 5.75 Å². The third kappa shape index (κ3) is 3.68. The maximum atomic E-state index is 11.9. The lowest BCUT2D eigenvalue weighted by atomic mass is 10.0. The van der Waals surface area contributed by atoms with Crippen LogP contribution in [0.25, 0.3) is 0 Å². The normalized spacial score (nSPS) is 18.5. The Balaban J connectivity index is 1.79. The minimum Gasteiger partial charge on any atom is -0.490 e. The number of aryl methyl sites for hydroxylation is 1. The van der Waals surface area contributed by atoms with E-state index in [0.717, 1.165) is 26.1 Å². The molecule has 1 N–H and O–H groups in total. The van der Waals surface area contributed by atoms with Gasteiger partial charge in [0.05, 0.1) is 13.7 Å². The zero-order valence-electron chi connectivity index (χ0n) is 14.2. The van der Waals surface area contributed by atoms with Gasteiger partial charge in [-0.3, -0.25) is 9.69 Å². The fourth-order valence-corrected chi connectivity index (χ4v) is 3.11. The van der Waals surface area contributed by atoms with Gasteiger partial charge < -0.3 is 14.5 Å². The van der Waals surface area contributed by atoms with E-state index in [0.29, 0.717) is 12.3 Å². The van der Waals surface area contributed by atoms with Crippen molar-refractivity contribution in [3.8, 4) is 5.75 Å². The molecule has 2 aromatic rings. The Labute approximate surface area is 142 Å². The van der Waals surface area contributed by atoms with E-state index in [4.69, 9.17) is 9.15 Å². The highest BCUT2D eigenvalue weighted by Crippen LogP contribution is 2.24. The lowest BCUT2D eigenvalue weighted by Gasteiger charge is -2.36. The van der Waals surface area contributed by atoms with E-state index >= 15 is 0 Å². The summed E-state index contributed by atoms with van der Waals surface area (Å²) in [5.41, 5.74) is 2.49. The van der Waals surface area contributed by atoms with E-state index in [9.17, 15) is 4.79 Å². The molecule has 1 unspecified atom stereocenters. The van der Waals surface area contributed by atoms with Crippen molar-refractivity contribution in [3.63, 3.8) is 0 Å². The van der Waals surface area contributed by atoms with Crippen LogP contribution in [0.3, 0.4) is 0 Å². The molecule has 1 aromatic carbocycles. The summed E-state index contributed by atoms with van der Waals surface area (Å²) in [7, 11) is 1.47. The zero-order chi connectivity index (χ0) is 16.9. The van der Waals surface area contributed by atoms with Crippen molar-refractivity contribution in [3.05, 3.63) is 63.7 Å². The van der Waals surface area contributed by atoms with Crippen LogP contribution in [0.2, 0.25) is 0 Å². The van der Waals surface area contributed by atoms with Crippen molar-refractivity contribution in [1.82, 2.24) is 10.2 Å². The quantitative estimate of drug-likeness (QED) is 0.913. The molecule has 1 aliphatic rings. The summed E-state index contributed by atoms with van der Waals surface area (Å²) in [6.07, 6.45) is 2.44. The van der Waals surface area contributed by atoms with Crippen LogP contribution in [-0.2, 0) is 13.0 Å². The molecule has 1 aromatic heterocycles. The predicted octanol–water partition coefficient (Wildman–Crippen LogP) is 2.36. The van der Waals surface area contributed by atoms with Crippen LogP contribution in [-0.4, -0.2) is 31.6 Å². The van der Waals surface area contributed by atoms with E-state index in [2.05, 4.69) is 41.4 Å². The summed E-state index contributed by atoms with van der Waals surface area (Å²) in [4.78, 5) is 14.3. The van der Waals surface area contributed by atoms with Gasteiger partial charge in [-0.15, -0.1) is 0 Å². The molecule has 2 heterocycles. The number of benzene rings is 1. The van der Waals surface area contributed by atoms with Crippen LogP contribution in [0, 0.1) is 0 Å². The van der Waals surface area contributed by atoms with E-state index in [1.807, 2.05) is 0 Å². The molecule has 5 heteroatoms. The molecule has 1 atom stereocenters. The maximum Gasteiger partial charge on any atom is 0.227 e. The second-order valence-corrected chi connectivity index (χ2v) is 6.06. The number of methoxy groups -OCH3 is 1. The number of nitrogens with one attached hydrogen (secondary N) is 1. The molecule has 1 aliphatic heterocycles. The van der Waals surface area contributed by atoms with Gasteiger partial charge in [-0.25, -0.2) is 0 Å². The highest BCUT2D eigenvalue weighted by molar-refractivity contribution is 5.26. The zero-order valence-corrected chi connectivity index (χ0v) is 14.2. The standard InChI is InChI=1S/C19H24N2O3/c1-3-14-4-6-15(7-5-14)17-11-20-8-9-21(17)12-16-10-18(22)19(23-2)13-24-16/h4-7,10,13,17,20H,3,8-9,11-12H2,1-2H3. The molecular weight excluding hydrogens is 304 g/mol. The highest BCUT2D eigenvalue weighted by Gasteiger charge is 2.24. The van der Waals surface area contributed by atoms with Gasteiger partial charge in [-0.2, -0.15) is 0 Å². The highest BCUT2D eigenvalue weighted by atomic mass is 16.5. The number of hydrogen-bond donors (Lipinski definition) is 1. The van der Waals surface area contributed by atoms with Gasteiger partial charge in [0.25, 0.3) is 0 Å². The minimum atomic E-state index is -0.141. The summed E-state index contributed by atoms with van der Waals surface area (Å²) >= 11 is 0.